The predicted octanol–water partition coefficient (Wildman–Crippen LogP) is 7.29. The fraction of sp³-hybridized carbons (Fsp3) is 0.500. The number of hydrogen-bond donors (Lipinski definition) is 1. The predicted molar refractivity (Wildman–Crippen MR) is 157 cm³/mol. The number of nitrogens with zero attached hydrogens (tertiary/aromatic N) is 3. The summed E-state index contributed by atoms with van der Waals surface area (Å²) in [5.74, 6) is 0.463. The van der Waals surface area contributed by atoms with Crippen LogP contribution in [0.25, 0.3) is 5.69 Å². The molecule has 2 aliphatic rings. The Morgan fingerprint density at radius 2 is 1.85 bits per heavy atom. The molecule has 0 spiro atoms. The fourth-order valence-corrected chi connectivity index (χ4v) is 6.15. The molecule has 1 heterocycles. The fourth-order valence-electron chi connectivity index (χ4n) is 5.87. The molecule has 1 N–H and O–H groups in total. The third-order valence-corrected chi connectivity index (χ3v) is 8.65. The third kappa shape index (κ3) is 7.11. The number of methoxy groups -OCH3 is 1. The lowest BCUT2D eigenvalue weighted by molar-refractivity contribution is -0.141. The minimum absolute atomic E-state index is 0.166. The van der Waals surface area contributed by atoms with Crippen LogP contribution in [-0.4, -0.2) is 34.0 Å². The van der Waals surface area contributed by atoms with E-state index in [0.29, 0.717) is 23.0 Å². The van der Waals surface area contributed by atoms with Crippen LogP contribution in [0.3, 0.4) is 0 Å². The monoisotopic (exact) mass is 562 g/mol. The van der Waals surface area contributed by atoms with Crippen molar-refractivity contribution in [2.24, 2.45) is 5.92 Å². The van der Waals surface area contributed by atoms with E-state index in [1.54, 1.807) is 0 Å². The van der Waals surface area contributed by atoms with Gasteiger partial charge in [-0.05, 0) is 80.3 Å². The number of benzene rings is 2. The Hall–Kier alpha value is -3.19. The Kier molecular flexibility index (Phi) is 9.20. The molecule has 1 aromatic heterocycles. The van der Waals surface area contributed by atoms with Gasteiger partial charge in [-0.2, -0.15) is 0 Å². The summed E-state index contributed by atoms with van der Waals surface area (Å²) in [6.45, 7) is 1.95. The maximum absolute atomic E-state index is 13.2. The van der Waals surface area contributed by atoms with E-state index in [1.807, 2.05) is 29.8 Å². The van der Waals surface area contributed by atoms with Gasteiger partial charge in [-0.15, -0.1) is 5.10 Å². The van der Waals surface area contributed by atoms with Crippen molar-refractivity contribution in [2.75, 3.05) is 12.4 Å². The quantitative estimate of drug-likeness (QED) is 0.234. The van der Waals surface area contributed by atoms with E-state index in [2.05, 4.69) is 39.9 Å². The number of anilines is 1. The molecule has 0 bridgehead atoms. The van der Waals surface area contributed by atoms with E-state index >= 15 is 0 Å². The van der Waals surface area contributed by atoms with Crippen LogP contribution in [0.1, 0.15) is 98.6 Å². The van der Waals surface area contributed by atoms with Crippen molar-refractivity contribution in [3.05, 3.63) is 70.0 Å². The number of amides is 1. The molecule has 0 unspecified atom stereocenters. The Balaban J connectivity index is 1.35. The van der Waals surface area contributed by atoms with Gasteiger partial charge >= 0.3 is 5.97 Å². The molecule has 3 aromatic rings. The standard InChI is InChI=1S/C32H39ClN4O3/c1-21-7-17-28(27(33)19-21)34-29(38)20-25(14-18-30(39)40-2)31-32(24-12-13-24)37(36-35-31)26-15-10-23(11-16-26)9-8-22-5-3-4-6-22/h7,10-11,15-17,19,22,24-25H,3-6,8-9,12-14,18,20H2,1-2H3,(H,34,38)/t25-/m0/s1. The third-order valence-electron chi connectivity index (χ3n) is 8.34. The van der Waals surface area contributed by atoms with Crippen molar-refractivity contribution >= 4 is 29.2 Å². The minimum atomic E-state index is -0.305. The SMILES string of the molecule is COC(=O)CC[C@@H](CC(=O)Nc1ccc(C)cc1Cl)c1nnn(-c2ccc(CCC3CCCC3)cc2)c1C1CC1. The van der Waals surface area contributed by atoms with Crippen LogP contribution in [0, 0.1) is 12.8 Å². The van der Waals surface area contributed by atoms with Gasteiger partial charge < -0.3 is 10.1 Å². The zero-order chi connectivity index (χ0) is 28.1. The van der Waals surface area contributed by atoms with Gasteiger partial charge in [0.25, 0.3) is 0 Å². The summed E-state index contributed by atoms with van der Waals surface area (Å²) in [6.07, 6.45) is 10.8. The zero-order valence-corrected chi connectivity index (χ0v) is 24.3. The van der Waals surface area contributed by atoms with E-state index in [0.717, 1.165) is 47.8 Å². The number of carbonyl (C=O) groups is 2. The zero-order valence-electron chi connectivity index (χ0n) is 23.5. The molecule has 7 nitrogen and oxygen atoms in total. The largest absolute Gasteiger partial charge is 0.469 e. The number of carbonyl (C=O) groups excluding carboxylic acids is 2. The van der Waals surface area contributed by atoms with Crippen molar-refractivity contribution in [2.45, 2.75) is 89.4 Å². The van der Waals surface area contributed by atoms with Gasteiger partial charge in [0, 0.05) is 24.7 Å². The van der Waals surface area contributed by atoms with E-state index in [4.69, 9.17) is 16.3 Å². The highest BCUT2D eigenvalue weighted by Gasteiger charge is 2.35. The molecule has 0 radical (unpaired) electrons. The highest BCUT2D eigenvalue weighted by atomic mass is 35.5. The summed E-state index contributed by atoms with van der Waals surface area (Å²) in [6, 6.07) is 14.2. The Morgan fingerprint density at radius 3 is 2.52 bits per heavy atom. The lowest BCUT2D eigenvalue weighted by Crippen LogP contribution is -2.18. The van der Waals surface area contributed by atoms with E-state index < -0.39 is 0 Å². The first kappa shape index (κ1) is 28.3. The van der Waals surface area contributed by atoms with Crippen LogP contribution in [0.2, 0.25) is 5.02 Å². The molecule has 212 valence electrons. The maximum atomic E-state index is 13.2. The number of aromatic nitrogens is 3. The number of nitrogens with one attached hydrogen (secondary N) is 1. The summed E-state index contributed by atoms with van der Waals surface area (Å²) in [4.78, 5) is 25.2. The molecule has 2 fully saturated rings. The van der Waals surface area contributed by atoms with E-state index in [-0.39, 0.29) is 30.6 Å². The summed E-state index contributed by atoms with van der Waals surface area (Å²) < 4.78 is 6.83. The van der Waals surface area contributed by atoms with Crippen LogP contribution in [0.4, 0.5) is 5.69 Å². The molecule has 2 aliphatic carbocycles. The lowest BCUT2D eigenvalue weighted by atomic mass is 9.92. The van der Waals surface area contributed by atoms with Crippen molar-refractivity contribution in [1.29, 1.82) is 0 Å². The van der Waals surface area contributed by atoms with Crippen molar-refractivity contribution in [3.8, 4) is 5.69 Å². The van der Waals surface area contributed by atoms with Gasteiger partial charge in [0.05, 0.1) is 34.9 Å². The van der Waals surface area contributed by atoms with Crippen molar-refractivity contribution in [3.63, 3.8) is 0 Å². The first-order valence-corrected chi connectivity index (χ1v) is 15.0. The molecule has 1 atom stereocenters. The van der Waals surface area contributed by atoms with Gasteiger partial charge in [0.2, 0.25) is 5.91 Å². The van der Waals surface area contributed by atoms with Crippen molar-refractivity contribution in [1.82, 2.24) is 15.0 Å². The lowest BCUT2D eigenvalue weighted by Gasteiger charge is -2.17. The Morgan fingerprint density at radius 1 is 1.10 bits per heavy atom. The molecule has 0 saturated heterocycles. The number of halogens is 1. The first-order chi connectivity index (χ1) is 19.4. The number of aryl methyl sites for hydroxylation is 2. The molecule has 1 amide bonds. The molecule has 5 rings (SSSR count). The average Bonchev–Trinajstić information content (AvgIpc) is 3.47. The number of ether oxygens (including phenoxy) is 1. The first-order valence-electron chi connectivity index (χ1n) is 14.6. The highest BCUT2D eigenvalue weighted by molar-refractivity contribution is 6.33. The normalized spacial score (nSPS) is 16.2. The van der Waals surface area contributed by atoms with Gasteiger partial charge in [0.1, 0.15) is 0 Å². The Bertz CT molecular complexity index is 1330. The molecule has 40 heavy (non-hydrogen) atoms. The second kappa shape index (κ2) is 13.0. The van der Waals surface area contributed by atoms with Crippen LogP contribution < -0.4 is 5.32 Å². The van der Waals surface area contributed by atoms with Gasteiger partial charge in [0.15, 0.2) is 0 Å². The van der Waals surface area contributed by atoms with E-state index in [1.165, 1.54) is 44.8 Å². The Labute approximate surface area is 241 Å². The van der Waals surface area contributed by atoms with Crippen LogP contribution in [0.5, 0.6) is 0 Å². The molecular weight excluding hydrogens is 524 g/mol. The van der Waals surface area contributed by atoms with Crippen LogP contribution in [-0.2, 0) is 20.7 Å². The average molecular weight is 563 g/mol. The summed E-state index contributed by atoms with van der Waals surface area (Å²) >= 11 is 6.36. The minimum Gasteiger partial charge on any atom is -0.469 e. The van der Waals surface area contributed by atoms with Gasteiger partial charge in [-0.1, -0.05) is 60.7 Å². The number of rotatable bonds is 12. The highest BCUT2D eigenvalue weighted by Crippen LogP contribution is 2.44. The second-order valence-corrected chi connectivity index (χ2v) is 11.9. The number of hydrogen-bond acceptors (Lipinski definition) is 5. The molecule has 8 heteroatoms. The maximum Gasteiger partial charge on any atom is 0.305 e. The molecule has 2 saturated carbocycles. The second-order valence-electron chi connectivity index (χ2n) is 11.4. The number of esters is 1. The molecule has 0 aliphatic heterocycles. The molecule has 2 aromatic carbocycles. The summed E-state index contributed by atoms with van der Waals surface area (Å²) in [7, 11) is 1.38. The van der Waals surface area contributed by atoms with Crippen molar-refractivity contribution < 1.29 is 14.3 Å². The van der Waals surface area contributed by atoms with Crippen LogP contribution in [0.15, 0.2) is 42.5 Å². The smallest absolute Gasteiger partial charge is 0.305 e. The van der Waals surface area contributed by atoms with Gasteiger partial charge in [-0.3, -0.25) is 9.59 Å². The summed E-state index contributed by atoms with van der Waals surface area (Å²) in [5, 5.41) is 12.6. The van der Waals surface area contributed by atoms with E-state index in [9.17, 15) is 9.59 Å². The van der Waals surface area contributed by atoms with Crippen LogP contribution >= 0.6 is 11.6 Å². The van der Waals surface area contributed by atoms with Gasteiger partial charge in [-0.25, -0.2) is 4.68 Å². The summed E-state index contributed by atoms with van der Waals surface area (Å²) in [5.41, 5.74) is 5.77. The topological polar surface area (TPSA) is 86.1 Å². The molecular formula is C32H39ClN4O3.